The predicted octanol–water partition coefficient (Wildman–Crippen LogP) is 3.52. The number of rotatable bonds is 8. The van der Waals surface area contributed by atoms with Crippen LogP contribution in [0.1, 0.15) is 49.9 Å². The van der Waals surface area contributed by atoms with E-state index in [0.29, 0.717) is 22.8 Å². The van der Waals surface area contributed by atoms with E-state index in [1.54, 1.807) is 40.9 Å². The van der Waals surface area contributed by atoms with E-state index in [9.17, 15) is 14.4 Å². The monoisotopic (exact) mass is 440 g/mol. The van der Waals surface area contributed by atoms with Crippen molar-refractivity contribution >= 4 is 41.1 Å². The number of likely N-dealkylation sites (tertiary alicyclic amines) is 1. The lowest BCUT2D eigenvalue weighted by Gasteiger charge is -2.38. The minimum absolute atomic E-state index is 0.136. The molecule has 160 valence electrons. The predicted molar refractivity (Wildman–Crippen MR) is 116 cm³/mol. The van der Waals surface area contributed by atoms with Gasteiger partial charge < -0.3 is 15.0 Å². The molecule has 1 N–H and O–H groups in total. The Kier molecular flexibility index (Phi) is 9.30. The van der Waals surface area contributed by atoms with Crippen LogP contribution in [-0.4, -0.2) is 59.4 Å². The number of nitrogens with zero attached hydrogens (tertiary/aromatic N) is 1. The quantitative estimate of drug-likeness (QED) is 0.626. The van der Waals surface area contributed by atoms with Gasteiger partial charge in [0.15, 0.2) is 6.61 Å². The van der Waals surface area contributed by atoms with Gasteiger partial charge in [0, 0.05) is 12.1 Å². The van der Waals surface area contributed by atoms with E-state index in [1.165, 1.54) is 0 Å². The first-order valence-corrected chi connectivity index (χ1v) is 11.6. The van der Waals surface area contributed by atoms with Gasteiger partial charge in [-0.1, -0.05) is 23.7 Å². The molecular formula is C21H29ClN2O4S. The third-order valence-electron chi connectivity index (χ3n) is 5.14. The van der Waals surface area contributed by atoms with Crippen LogP contribution in [0.4, 0.5) is 0 Å². The van der Waals surface area contributed by atoms with Crippen LogP contribution in [-0.2, 0) is 14.3 Å². The Morgan fingerprint density at radius 3 is 2.52 bits per heavy atom. The van der Waals surface area contributed by atoms with Crippen LogP contribution in [0.15, 0.2) is 24.3 Å². The standard InChI is InChI=1S/C21H29ClN2O4S/c1-14-7-6-8-15(2)24(14)19(25)13-28-21(27)18(11-12-29-3)23-20(26)16-9-4-5-10-17(16)22/h4-5,9-10,14-15,18H,6-8,11-13H2,1-3H3,(H,23,26)/t14-,15+,18-/m1/s1. The fourth-order valence-corrected chi connectivity index (χ4v) is 4.28. The summed E-state index contributed by atoms with van der Waals surface area (Å²) in [6, 6.07) is 6.08. The van der Waals surface area contributed by atoms with E-state index in [2.05, 4.69) is 5.32 Å². The van der Waals surface area contributed by atoms with Gasteiger partial charge in [0.1, 0.15) is 6.04 Å². The number of thioether (sulfide) groups is 1. The summed E-state index contributed by atoms with van der Waals surface area (Å²) < 4.78 is 5.29. The van der Waals surface area contributed by atoms with Gasteiger partial charge in [-0.2, -0.15) is 11.8 Å². The van der Waals surface area contributed by atoms with Crippen molar-refractivity contribution in [2.75, 3.05) is 18.6 Å². The van der Waals surface area contributed by atoms with Gasteiger partial charge in [-0.05, 0) is 63.7 Å². The molecule has 1 aromatic rings. The van der Waals surface area contributed by atoms with Crippen molar-refractivity contribution in [3.8, 4) is 0 Å². The largest absolute Gasteiger partial charge is 0.454 e. The summed E-state index contributed by atoms with van der Waals surface area (Å²) >= 11 is 7.63. The first kappa shape index (κ1) is 23.5. The first-order valence-electron chi connectivity index (χ1n) is 9.87. The molecule has 6 nitrogen and oxygen atoms in total. The van der Waals surface area contributed by atoms with Gasteiger partial charge in [0.25, 0.3) is 11.8 Å². The van der Waals surface area contributed by atoms with Crippen molar-refractivity contribution in [1.29, 1.82) is 0 Å². The lowest BCUT2D eigenvalue weighted by atomic mass is 9.97. The average molecular weight is 441 g/mol. The van der Waals surface area contributed by atoms with E-state index in [4.69, 9.17) is 16.3 Å². The van der Waals surface area contributed by atoms with Crippen LogP contribution in [0.5, 0.6) is 0 Å². The van der Waals surface area contributed by atoms with E-state index in [0.717, 1.165) is 19.3 Å². The maximum Gasteiger partial charge on any atom is 0.329 e. The Morgan fingerprint density at radius 1 is 1.24 bits per heavy atom. The van der Waals surface area contributed by atoms with Crippen LogP contribution < -0.4 is 5.32 Å². The molecule has 1 saturated heterocycles. The molecule has 0 saturated carbocycles. The number of piperidine rings is 1. The zero-order valence-electron chi connectivity index (χ0n) is 17.2. The van der Waals surface area contributed by atoms with Gasteiger partial charge in [-0.3, -0.25) is 9.59 Å². The number of benzene rings is 1. The van der Waals surface area contributed by atoms with E-state index >= 15 is 0 Å². The Labute approximate surface area is 181 Å². The minimum Gasteiger partial charge on any atom is -0.454 e. The Bertz CT molecular complexity index is 720. The number of hydrogen-bond acceptors (Lipinski definition) is 5. The molecule has 0 radical (unpaired) electrons. The van der Waals surface area contributed by atoms with Crippen molar-refractivity contribution in [3.63, 3.8) is 0 Å². The van der Waals surface area contributed by atoms with Gasteiger partial charge in [-0.15, -0.1) is 0 Å². The number of halogens is 1. The van der Waals surface area contributed by atoms with Crippen molar-refractivity contribution < 1.29 is 19.1 Å². The molecule has 0 aromatic heterocycles. The third-order valence-corrected chi connectivity index (χ3v) is 6.11. The molecule has 1 heterocycles. The molecule has 2 rings (SSSR count). The summed E-state index contributed by atoms with van der Waals surface area (Å²) in [7, 11) is 0. The number of esters is 1. The molecule has 0 aliphatic carbocycles. The molecule has 1 aromatic carbocycles. The second kappa shape index (κ2) is 11.5. The van der Waals surface area contributed by atoms with Crippen LogP contribution >= 0.6 is 23.4 Å². The molecule has 0 spiro atoms. The topological polar surface area (TPSA) is 75.7 Å². The van der Waals surface area contributed by atoms with Gasteiger partial charge in [0.2, 0.25) is 0 Å². The lowest BCUT2D eigenvalue weighted by molar-refractivity contribution is -0.156. The molecular weight excluding hydrogens is 412 g/mol. The number of amides is 2. The molecule has 2 amide bonds. The molecule has 29 heavy (non-hydrogen) atoms. The van der Waals surface area contributed by atoms with Crippen molar-refractivity contribution in [2.45, 2.75) is 57.7 Å². The second-order valence-electron chi connectivity index (χ2n) is 7.33. The van der Waals surface area contributed by atoms with E-state index in [-0.39, 0.29) is 24.6 Å². The molecule has 1 aliphatic heterocycles. The summed E-state index contributed by atoms with van der Waals surface area (Å²) in [5.41, 5.74) is 0.295. The van der Waals surface area contributed by atoms with E-state index in [1.807, 2.05) is 20.1 Å². The Hall–Kier alpha value is -1.73. The number of hydrogen-bond donors (Lipinski definition) is 1. The van der Waals surface area contributed by atoms with Crippen molar-refractivity contribution in [2.24, 2.45) is 0 Å². The highest BCUT2D eigenvalue weighted by Gasteiger charge is 2.30. The zero-order chi connectivity index (χ0) is 21.4. The maximum atomic E-state index is 12.6. The molecule has 1 fully saturated rings. The number of nitrogens with one attached hydrogen (secondary N) is 1. The SMILES string of the molecule is CSCC[C@@H](NC(=O)c1ccccc1Cl)C(=O)OCC(=O)N1[C@H](C)CCC[C@@H]1C. The average Bonchev–Trinajstić information content (AvgIpc) is 2.69. The second-order valence-corrected chi connectivity index (χ2v) is 8.72. The first-order chi connectivity index (χ1) is 13.8. The molecule has 3 atom stereocenters. The summed E-state index contributed by atoms with van der Waals surface area (Å²) in [4.78, 5) is 39.5. The fraction of sp³-hybridized carbons (Fsp3) is 0.571. The molecule has 0 unspecified atom stereocenters. The highest BCUT2D eigenvalue weighted by Crippen LogP contribution is 2.22. The van der Waals surface area contributed by atoms with Gasteiger partial charge in [0.05, 0.1) is 10.6 Å². The highest BCUT2D eigenvalue weighted by molar-refractivity contribution is 7.98. The summed E-state index contributed by atoms with van der Waals surface area (Å²) in [5, 5.41) is 3.00. The summed E-state index contributed by atoms with van der Waals surface area (Å²) in [6.45, 7) is 3.71. The molecule has 1 aliphatic rings. The highest BCUT2D eigenvalue weighted by atomic mass is 35.5. The van der Waals surface area contributed by atoms with Gasteiger partial charge >= 0.3 is 5.97 Å². The van der Waals surface area contributed by atoms with Gasteiger partial charge in [-0.25, -0.2) is 4.79 Å². The number of ether oxygens (including phenoxy) is 1. The Balaban J connectivity index is 1.98. The Morgan fingerprint density at radius 2 is 1.90 bits per heavy atom. The number of carbonyl (C=O) groups is 3. The lowest BCUT2D eigenvalue weighted by Crippen LogP contribution is -2.50. The smallest absolute Gasteiger partial charge is 0.329 e. The van der Waals surface area contributed by atoms with Crippen LogP contribution in [0.2, 0.25) is 5.02 Å². The fourth-order valence-electron chi connectivity index (χ4n) is 3.59. The maximum absolute atomic E-state index is 12.6. The van der Waals surface area contributed by atoms with Crippen LogP contribution in [0.3, 0.4) is 0 Å². The number of carbonyl (C=O) groups excluding carboxylic acids is 3. The normalized spacial score (nSPS) is 20.1. The zero-order valence-corrected chi connectivity index (χ0v) is 18.7. The van der Waals surface area contributed by atoms with Crippen molar-refractivity contribution in [1.82, 2.24) is 10.2 Å². The molecule has 8 heteroatoms. The molecule has 0 bridgehead atoms. The van der Waals surface area contributed by atoms with E-state index < -0.39 is 17.9 Å². The summed E-state index contributed by atoms with van der Waals surface area (Å²) in [6.07, 6.45) is 5.32. The summed E-state index contributed by atoms with van der Waals surface area (Å²) in [5.74, 6) is -0.580. The minimum atomic E-state index is -0.838. The van der Waals surface area contributed by atoms with Crippen molar-refractivity contribution in [3.05, 3.63) is 34.9 Å². The van der Waals surface area contributed by atoms with Crippen LogP contribution in [0, 0.1) is 0 Å². The third kappa shape index (κ3) is 6.64. The van der Waals surface area contributed by atoms with Crippen LogP contribution in [0.25, 0.3) is 0 Å².